The molecular formula is C28H23FO7. The van der Waals surface area contributed by atoms with Crippen molar-refractivity contribution in [3.05, 3.63) is 120 Å². The van der Waals surface area contributed by atoms with Gasteiger partial charge in [-0.05, 0) is 36.4 Å². The normalized spacial score (nSPS) is 20.4. The number of ether oxygens (including phenoxy) is 4. The molecule has 4 rings (SSSR count). The molecule has 3 atom stereocenters. The van der Waals surface area contributed by atoms with E-state index in [1.54, 1.807) is 78.9 Å². The second kappa shape index (κ2) is 11.9. The van der Waals surface area contributed by atoms with E-state index in [-0.39, 0.29) is 17.7 Å². The molecule has 7 nitrogen and oxygen atoms in total. The molecule has 184 valence electrons. The number of hydrogen-bond donors (Lipinski definition) is 0. The van der Waals surface area contributed by atoms with E-state index in [9.17, 15) is 14.4 Å². The second-order valence-electron chi connectivity index (χ2n) is 7.91. The van der Waals surface area contributed by atoms with E-state index in [1.807, 2.05) is 0 Å². The minimum Gasteiger partial charge on any atom is -0.459 e. The summed E-state index contributed by atoms with van der Waals surface area (Å²) in [6.45, 7) is -0.603. The van der Waals surface area contributed by atoms with Gasteiger partial charge in [-0.3, -0.25) is 0 Å². The summed E-state index contributed by atoms with van der Waals surface area (Å²) in [4.78, 5) is 37.3. The van der Waals surface area contributed by atoms with Crippen LogP contribution in [0, 0.1) is 0 Å². The summed E-state index contributed by atoms with van der Waals surface area (Å²) in [5, 5.41) is 0. The molecule has 1 aliphatic rings. The summed E-state index contributed by atoms with van der Waals surface area (Å²) in [6.07, 6.45) is -3.47. The summed E-state index contributed by atoms with van der Waals surface area (Å²) in [7, 11) is 0. The fourth-order valence-corrected chi connectivity index (χ4v) is 3.50. The number of esters is 3. The standard InChI is InChI=1S/C28H23FO7/c29-24-23(18-35-27(31)20-12-6-2-7-13-20)33-16-22(17-34-26(30)19-10-4-1-5-11-19)25(24)36-28(32)21-14-8-3-9-15-21/h1-15,17,23-25H,16,18H2. The Kier molecular flexibility index (Phi) is 8.20. The van der Waals surface area contributed by atoms with E-state index in [4.69, 9.17) is 18.9 Å². The lowest BCUT2D eigenvalue weighted by Gasteiger charge is -2.34. The van der Waals surface area contributed by atoms with E-state index in [2.05, 4.69) is 0 Å². The van der Waals surface area contributed by atoms with Gasteiger partial charge in [0.15, 0.2) is 12.3 Å². The molecule has 0 radical (unpaired) electrons. The summed E-state index contributed by atoms with van der Waals surface area (Å²) >= 11 is 0. The van der Waals surface area contributed by atoms with Crippen molar-refractivity contribution in [1.29, 1.82) is 0 Å². The number of benzene rings is 3. The minimum atomic E-state index is -1.89. The van der Waals surface area contributed by atoms with Crippen LogP contribution >= 0.6 is 0 Å². The van der Waals surface area contributed by atoms with Crippen LogP contribution in [-0.2, 0) is 18.9 Å². The highest BCUT2D eigenvalue weighted by atomic mass is 19.1. The maximum absolute atomic E-state index is 15.6. The predicted molar refractivity (Wildman–Crippen MR) is 127 cm³/mol. The molecule has 0 aliphatic carbocycles. The van der Waals surface area contributed by atoms with Crippen molar-refractivity contribution in [1.82, 2.24) is 0 Å². The molecule has 1 fully saturated rings. The van der Waals surface area contributed by atoms with E-state index >= 15 is 4.39 Å². The SMILES string of the molecule is O=C(OC=C1COC(COC(=O)c2ccccc2)C(F)C1OC(=O)c1ccccc1)c1ccccc1. The maximum atomic E-state index is 15.6. The van der Waals surface area contributed by atoms with Crippen LogP contribution in [0.4, 0.5) is 4.39 Å². The van der Waals surface area contributed by atoms with Gasteiger partial charge in [0.05, 0.1) is 23.3 Å². The van der Waals surface area contributed by atoms with Crippen LogP contribution in [0.2, 0.25) is 0 Å². The second-order valence-corrected chi connectivity index (χ2v) is 7.91. The van der Waals surface area contributed by atoms with Crippen molar-refractivity contribution in [3.8, 4) is 0 Å². The van der Waals surface area contributed by atoms with Crippen LogP contribution < -0.4 is 0 Å². The van der Waals surface area contributed by atoms with Crippen LogP contribution in [-0.4, -0.2) is 49.5 Å². The zero-order valence-electron chi connectivity index (χ0n) is 19.1. The van der Waals surface area contributed by atoms with Crippen LogP contribution in [0.1, 0.15) is 31.1 Å². The van der Waals surface area contributed by atoms with E-state index in [0.29, 0.717) is 11.1 Å². The van der Waals surface area contributed by atoms with Crippen molar-refractivity contribution >= 4 is 17.9 Å². The third-order valence-corrected chi connectivity index (χ3v) is 5.43. The van der Waals surface area contributed by atoms with Gasteiger partial charge in [-0.1, -0.05) is 54.6 Å². The van der Waals surface area contributed by atoms with Crippen molar-refractivity contribution in [2.24, 2.45) is 0 Å². The maximum Gasteiger partial charge on any atom is 0.342 e. The first kappa shape index (κ1) is 24.8. The van der Waals surface area contributed by atoms with Gasteiger partial charge in [0.25, 0.3) is 0 Å². The highest BCUT2D eigenvalue weighted by Gasteiger charge is 2.41. The van der Waals surface area contributed by atoms with Crippen molar-refractivity contribution in [3.63, 3.8) is 0 Å². The summed E-state index contributed by atoms with van der Waals surface area (Å²) in [6, 6.07) is 24.6. The highest BCUT2D eigenvalue weighted by molar-refractivity contribution is 5.90. The van der Waals surface area contributed by atoms with Gasteiger partial charge in [0, 0.05) is 5.57 Å². The van der Waals surface area contributed by atoms with Crippen LogP contribution in [0.25, 0.3) is 0 Å². The quantitative estimate of drug-likeness (QED) is 0.273. The Balaban J connectivity index is 1.48. The minimum absolute atomic E-state index is 0.113. The van der Waals surface area contributed by atoms with Gasteiger partial charge < -0.3 is 18.9 Å². The first-order chi connectivity index (χ1) is 17.5. The lowest BCUT2D eigenvalue weighted by molar-refractivity contribution is -0.0990. The number of carbonyl (C=O) groups is 3. The Labute approximate surface area is 207 Å². The zero-order chi connectivity index (χ0) is 25.3. The molecule has 8 heteroatoms. The number of rotatable bonds is 7. The number of alkyl halides is 1. The van der Waals surface area contributed by atoms with Crippen LogP contribution in [0.3, 0.4) is 0 Å². The number of hydrogen-bond acceptors (Lipinski definition) is 7. The molecule has 1 heterocycles. The fourth-order valence-electron chi connectivity index (χ4n) is 3.50. The molecule has 0 spiro atoms. The highest BCUT2D eigenvalue weighted by Crippen LogP contribution is 2.27. The molecule has 1 aliphatic heterocycles. The van der Waals surface area contributed by atoms with Crippen molar-refractivity contribution in [2.75, 3.05) is 13.2 Å². The molecule has 3 aromatic rings. The van der Waals surface area contributed by atoms with E-state index < -0.39 is 42.9 Å². The fraction of sp³-hybridized carbons (Fsp3) is 0.179. The average Bonchev–Trinajstić information content (AvgIpc) is 2.93. The first-order valence-electron chi connectivity index (χ1n) is 11.2. The molecule has 0 saturated carbocycles. The van der Waals surface area contributed by atoms with Crippen molar-refractivity contribution in [2.45, 2.75) is 18.4 Å². The zero-order valence-corrected chi connectivity index (χ0v) is 19.1. The smallest absolute Gasteiger partial charge is 0.342 e. The predicted octanol–water partition coefficient (Wildman–Crippen LogP) is 4.55. The molecule has 3 aromatic carbocycles. The third kappa shape index (κ3) is 6.22. The molecule has 0 aromatic heterocycles. The molecule has 36 heavy (non-hydrogen) atoms. The van der Waals surface area contributed by atoms with E-state index in [1.165, 1.54) is 12.1 Å². The number of halogens is 1. The molecule has 0 bridgehead atoms. The van der Waals surface area contributed by atoms with Gasteiger partial charge in [0.1, 0.15) is 19.0 Å². The molecule has 1 saturated heterocycles. The average molecular weight is 490 g/mol. The third-order valence-electron chi connectivity index (χ3n) is 5.43. The van der Waals surface area contributed by atoms with Gasteiger partial charge in [0.2, 0.25) is 0 Å². The molecule has 0 N–H and O–H groups in total. The topological polar surface area (TPSA) is 88.1 Å². The lowest BCUT2D eigenvalue weighted by Crippen LogP contribution is -2.48. The molecular weight excluding hydrogens is 467 g/mol. The monoisotopic (exact) mass is 490 g/mol. The van der Waals surface area contributed by atoms with Gasteiger partial charge >= 0.3 is 17.9 Å². The lowest BCUT2D eigenvalue weighted by atomic mass is 9.99. The molecule has 3 unspecified atom stereocenters. The van der Waals surface area contributed by atoms with Crippen LogP contribution in [0.5, 0.6) is 0 Å². The molecule has 0 amide bonds. The van der Waals surface area contributed by atoms with Gasteiger partial charge in [-0.25, -0.2) is 18.8 Å². The Morgan fingerprint density at radius 2 is 1.28 bits per heavy atom. The number of carbonyl (C=O) groups excluding carboxylic acids is 3. The first-order valence-corrected chi connectivity index (χ1v) is 11.2. The Morgan fingerprint density at radius 1 is 0.778 bits per heavy atom. The van der Waals surface area contributed by atoms with Crippen LogP contribution in [0.15, 0.2) is 103 Å². The Morgan fingerprint density at radius 3 is 1.83 bits per heavy atom. The summed E-state index contributed by atoms with van der Waals surface area (Å²) in [5.74, 6) is -2.06. The van der Waals surface area contributed by atoms with Crippen molar-refractivity contribution < 1.29 is 37.7 Å². The Bertz CT molecular complexity index is 1210. The Hall–Kier alpha value is -4.30. The van der Waals surface area contributed by atoms with E-state index in [0.717, 1.165) is 6.26 Å². The summed E-state index contributed by atoms with van der Waals surface area (Å²) in [5.41, 5.74) is 0.946. The summed E-state index contributed by atoms with van der Waals surface area (Å²) < 4.78 is 37.0. The largest absolute Gasteiger partial charge is 0.459 e. The van der Waals surface area contributed by atoms with Gasteiger partial charge in [-0.2, -0.15) is 0 Å². The van der Waals surface area contributed by atoms with Gasteiger partial charge in [-0.15, -0.1) is 0 Å².